The van der Waals surface area contributed by atoms with Crippen LogP contribution >= 0.6 is 0 Å². The Bertz CT molecular complexity index is 456. The molecule has 110 valence electrons. The van der Waals surface area contributed by atoms with Crippen LogP contribution in [-0.2, 0) is 0 Å². The third-order valence-electron chi connectivity index (χ3n) is 4.10. The fourth-order valence-corrected chi connectivity index (χ4v) is 2.68. The Labute approximate surface area is 119 Å². The highest BCUT2D eigenvalue weighted by Crippen LogP contribution is 2.49. The Kier molecular flexibility index (Phi) is 3.60. The van der Waals surface area contributed by atoms with Crippen LogP contribution in [0.15, 0.2) is 0 Å². The van der Waals surface area contributed by atoms with Gasteiger partial charge in [0.05, 0.1) is 0 Å². The van der Waals surface area contributed by atoms with E-state index in [1.54, 1.807) is 0 Å². The maximum absolute atomic E-state index is 5.41. The summed E-state index contributed by atoms with van der Waals surface area (Å²) in [4.78, 5) is 14.7. The molecule has 2 saturated carbocycles. The van der Waals surface area contributed by atoms with Crippen LogP contribution < -0.4 is 21.5 Å². The van der Waals surface area contributed by atoms with E-state index < -0.39 is 0 Å². The van der Waals surface area contributed by atoms with E-state index >= 15 is 0 Å². The van der Waals surface area contributed by atoms with E-state index in [1.807, 2.05) is 19.0 Å². The summed E-state index contributed by atoms with van der Waals surface area (Å²) in [5, 5.41) is 3.37. The molecule has 1 aromatic heterocycles. The molecule has 1 heterocycles. The van der Waals surface area contributed by atoms with Gasteiger partial charge in [-0.2, -0.15) is 15.0 Å². The lowest BCUT2D eigenvalue weighted by atomic mass is 9.98. The second-order valence-electron chi connectivity index (χ2n) is 6.04. The number of hydrogen-bond donors (Lipinski definition) is 3. The summed E-state index contributed by atoms with van der Waals surface area (Å²) in [6, 6.07) is 0. The molecule has 4 N–H and O–H groups in total. The Morgan fingerprint density at radius 2 is 1.70 bits per heavy atom. The van der Waals surface area contributed by atoms with Crippen molar-refractivity contribution in [3.05, 3.63) is 0 Å². The summed E-state index contributed by atoms with van der Waals surface area (Å²) in [6.07, 6.45) is 5.55. The molecule has 0 aromatic carbocycles. The standard InChI is InChI=1S/C13H23N7/c1-20(2)13-17-11(16-12(18-13)19-14)15-7-10(8-3-4-8)9-5-6-9/h8-10H,3-7,14H2,1-2H3,(H2,15,16,17,18,19). The van der Waals surface area contributed by atoms with Crippen molar-refractivity contribution in [3.8, 4) is 0 Å². The van der Waals surface area contributed by atoms with Gasteiger partial charge in [-0.1, -0.05) is 0 Å². The van der Waals surface area contributed by atoms with Crippen LogP contribution in [0.4, 0.5) is 17.8 Å². The van der Waals surface area contributed by atoms with Gasteiger partial charge in [0.25, 0.3) is 0 Å². The molecule has 7 nitrogen and oxygen atoms in total. The minimum atomic E-state index is 0.389. The van der Waals surface area contributed by atoms with Crippen LogP contribution in [0.2, 0.25) is 0 Å². The maximum atomic E-state index is 5.41. The molecule has 0 radical (unpaired) electrons. The van der Waals surface area contributed by atoms with E-state index in [1.165, 1.54) is 25.7 Å². The highest BCUT2D eigenvalue weighted by atomic mass is 15.4. The second kappa shape index (κ2) is 5.40. The Balaban J connectivity index is 1.67. The molecule has 2 fully saturated rings. The molecule has 0 amide bonds. The van der Waals surface area contributed by atoms with Gasteiger partial charge < -0.3 is 10.2 Å². The molecular formula is C13H23N7. The molecule has 2 aliphatic rings. The second-order valence-corrected chi connectivity index (χ2v) is 6.04. The van der Waals surface area contributed by atoms with E-state index in [0.717, 1.165) is 24.3 Å². The number of rotatable bonds is 7. The molecule has 7 heteroatoms. The topological polar surface area (TPSA) is 92.0 Å². The van der Waals surface area contributed by atoms with E-state index in [0.29, 0.717) is 17.8 Å². The smallest absolute Gasteiger partial charge is 0.243 e. The van der Waals surface area contributed by atoms with Crippen LogP contribution in [0.5, 0.6) is 0 Å². The third-order valence-corrected chi connectivity index (χ3v) is 4.10. The monoisotopic (exact) mass is 277 g/mol. The zero-order valence-corrected chi connectivity index (χ0v) is 12.1. The van der Waals surface area contributed by atoms with Gasteiger partial charge in [0.1, 0.15) is 0 Å². The van der Waals surface area contributed by atoms with Gasteiger partial charge in [-0.25, -0.2) is 5.84 Å². The Morgan fingerprint density at radius 1 is 1.10 bits per heavy atom. The van der Waals surface area contributed by atoms with E-state index in [4.69, 9.17) is 5.84 Å². The normalized spacial score (nSPS) is 18.2. The summed E-state index contributed by atoms with van der Waals surface area (Å²) in [6.45, 7) is 0.955. The summed E-state index contributed by atoms with van der Waals surface area (Å²) in [5.74, 6) is 9.61. The van der Waals surface area contributed by atoms with Gasteiger partial charge in [-0.3, -0.25) is 5.43 Å². The van der Waals surface area contributed by atoms with E-state index in [-0.39, 0.29) is 0 Å². The van der Waals surface area contributed by atoms with Crippen LogP contribution in [0.25, 0.3) is 0 Å². The molecule has 0 atom stereocenters. The number of hydrogen-bond acceptors (Lipinski definition) is 7. The average molecular weight is 277 g/mol. The predicted molar refractivity (Wildman–Crippen MR) is 79.4 cm³/mol. The van der Waals surface area contributed by atoms with Crippen molar-refractivity contribution < 1.29 is 0 Å². The molecule has 0 spiro atoms. The first-order chi connectivity index (χ1) is 9.67. The molecule has 0 unspecified atom stereocenters. The van der Waals surface area contributed by atoms with Crippen molar-refractivity contribution >= 4 is 17.8 Å². The first-order valence-electron chi connectivity index (χ1n) is 7.31. The lowest BCUT2D eigenvalue weighted by molar-refractivity contribution is 0.427. The molecule has 20 heavy (non-hydrogen) atoms. The van der Waals surface area contributed by atoms with Gasteiger partial charge in [-0.05, 0) is 43.4 Å². The van der Waals surface area contributed by atoms with E-state index in [2.05, 4.69) is 25.7 Å². The summed E-state index contributed by atoms with van der Waals surface area (Å²) >= 11 is 0. The van der Waals surface area contributed by atoms with Gasteiger partial charge in [-0.15, -0.1) is 0 Å². The Hall–Kier alpha value is -1.63. The van der Waals surface area contributed by atoms with E-state index in [9.17, 15) is 0 Å². The first-order valence-corrected chi connectivity index (χ1v) is 7.31. The van der Waals surface area contributed by atoms with Crippen LogP contribution in [0.1, 0.15) is 25.7 Å². The molecule has 2 aliphatic carbocycles. The molecule has 0 aliphatic heterocycles. The van der Waals surface area contributed by atoms with Crippen LogP contribution in [0, 0.1) is 17.8 Å². The zero-order chi connectivity index (χ0) is 14.1. The van der Waals surface area contributed by atoms with Crippen molar-refractivity contribution in [2.75, 3.05) is 36.3 Å². The summed E-state index contributed by atoms with van der Waals surface area (Å²) in [5.41, 5.74) is 2.49. The third kappa shape index (κ3) is 3.09. The number of aromatic nitrogens is 3. The lowest BCUT2D eigenvalue weighted by Gasteiger charge is -2.17. The SMILES string of the molecule is CN(C)c1nc(NN)nc(NCC(C2CC2)C2CC2)n1. The average Bonchev–Trinajstić information content (AvgIpc) is 3.31. The van der Waals surface area contributed by atoms with Crippen molar-refractivity contribution in [2.24, 2.45) is 23.6 Å². The number of nitrogens with zero attached hydrogens (tertiary/aromatic N) is 4. The first kappa shape index (κ1) is 13.4. The molecule has 1 aromatic rings. The van der Waals surface area contributed by atoms with Gasteiger partial charge in [0.15, 0.2) is 0 Å². The van der Waals surface area contributed by atoms with Crippen molar-refractivity contribution in [2.45, 2.75) is 25.7 Å². The minimum absolute atomic E-state index is 0.389. The van der Waals surface area contributed by atoms with Gasteiger partial charge in [0.2, 0.25) is 17.8 Å². The van der Waals surface area contributed by atoms with Crippen LogP contribution in [-0.4, -0.2) is 35.6 Å². The van der Waals surface area contributed by atoms with Crippen molar-refractivity contribution in [1.82, 2.24) is 15.0 Å². The lowest BCUT2D eigenvalue weighted by Crippen LogP contribution is -2.22. The molecule has 3 rings (SSSR count). The molecular weight excluding hydrogens is 254 g/mol. The maximum Gasteiger partial charge on any atom is 0.243 e. The highest BCUT2D eigenvalue weighted by Gasteiger charge is 2.41. The predicted octanol–water partition coefficient (Wildman–Crippen LogP) is 1.07. The largest absolute Gasteiger partial charge is 0.354 e. The zero-order valence-electron chi connectivity index (χ0n) is 12.1. The van der Waals surface area contributed by atoms with Gasteiger partial charge >= 0.3 is 0 Å². The fourth-order valence-electron chi connectivity index (χ4n) is 2.68. The number of anilines is 3. The molecule has 0 saturated heterocycles. The highest BCUT2D eigenvalue weighted by molar-refractivity contribution is 5.42. The minimum Gasteiger partial charge on any atom is -0.354 e. The van der Waals surface area contributed by atoms with Gasteiger partial charge in [0, 0.05) is 20.6 Å². The number of nitrogen functional groups attached to an aromatic ring is 1. The number of hydrazine groups is 1. The summed E-state index contributed by atoms with van der Waals surface area (Å²) in [7, 11) is 3.80. The number of nitrogens with two attached hydrogens (primary N) is 1. The van der Waals surface area contributed by atoms with Crippen LogP contribution in [0.3, 0.4) is 0 Å². The molecule has 0 bridgehead atoms. The quantitative estimate of drug-likeness (QED) is 0.507. The fraction of sp³-hybridized carbons (Fsp3) is 0.769. The van der Waals surface area contributed by atoms with Crippen molar-refractivity contribution in [1.29, 1.82) is 0 Å². The van der Waals surface area contributed by atoms with Crippen molar-refractivity contribution in [3.63, 3.8) is 0 Å². The number of nitrogens with one attached hydrogen (secondary N) is 2. The summed E-state index contributed by atoms with van der Waals surface area (Å²) < 4.78 is 0. The Morgan fingerprint density at radius 3 is 2.20 bits per heavy atom.